The van der Waals surface area contributed by atoms with Crippen molar-refractivity contribution in [3.8, 4) is 0 Å². The van der Waals surface area contributed by atoms with E-state index >= 15 is 0 Å². The van der Waals surface area contributed by atoms with Crippen LogP contribution in [0.3, 0.4) is 0 Å². The molecule has 0 aliphatic carbocycles. The molecule has 3 aromatic rings. The Morgan fingerprint density at radius 2 is 1.82 bits per heavy atom. The molecule has 12 nitrogen and oxygen atoms in total. The van der Waals surface area contributed by atoms with Gasteiger partial charge in [-0.3, -0.25) is 19.6 Å². The van der Waals surface area contributed by atoms with E-state index in [1.54, 1.807) is 6.07 Å². The lowest BCUT2D eigenvalue weighted by molar-refractivity contribution is -0.385. The lowest BCUT2D eigenvalue weighted by Crippen LogP contribution is -2.16. The van der Waals surface area contributed by atoms with E-state index in [-0.39, 0.29) is 22.2 Å². The largest absolute Gasteiger partial charge is 0.320 e. The quantitative estimate of drug-likeness (QED) is 0.458. The van der Waals surface area contributed by atoms with Crippen molar-refractivity contribution in [2.45, 2.75) is 4.90 Å². The van der Waals surface area contributed by atoms with Crippen LogP contribution in [0.1, 0.15) is 10.5 Å². The topological polar surface area (TPSA) is 162 Å². The zero-order valence-electron chi connectivity index (χ0n) is 14.3. The van der Waals surface area contributed by atoms with Gasteiger partial charge in [-0.1, -0.05) is 0 Å². The first-order chi connectivity index (χ1) is 13.3. The van der Waals surface area contributed by atoms with E-state index in [9.17, 15) is 23.3 Å². The third kappa shape index (κ3) is 4.09. The molecule has 0 unspecified atom stereocenters. The Hall–Kier alpha value is -3.87. The SMILES string of the molecule is Cn1cc([N+](=O)[O-])c(C(=O)Nc2ccc(S(=O)(=O)Nc3ncccn3)cc2)n1. The third-order valence-electron chi connectivity index (χ3n) is 3.44. The summed E-state index contributed by atoms with van der Waals surface area (Å²) in [6.45, 7) is 0. The number of carbonyl (C=O) groups is 1. The van der Waals surface area contributed by atoms with Gasteiger partial charge in [0.25, 0.3) is 15.9 Å². The number of nitrogens with one attached hydrogen (secondary N) is 2. The average Bonchev–Trinajstić information content (AvgIpc) is 3.05. The minimum Gasteiger partial charge on any atom is -0.320 e. The van der Waals surface area contributed by atoms with Crippen LogP contribution in [0.15, 0.2) is 53.8 Å². The molecule has 1 aromatic carbocycles. The average molecular weight is 403 g/mol. The summed E-state index contributed by atoms with van der Waals surface area (Å²) in [5, 5.41) is 17.2. The molecule has 0 saturated heterocycles. The second kappa shape index (κ2) is 7.40. The molecule has 0 aliphatic heterocycles. The standard InChI is InChI=1S/C15H13N7O5S/c1-21-9-12(22(24)25)13(19-21)14(23)18-10-3-5-11(6-4-10)28(26,27)20-15-16-7-2-8-17-15/h2-9H,1H3,(H,18,23)(H,16,17,20). The minimum atomic E-state index is -3.92. The zero-order valence-corrected chi connectivity index (χ0v) is 15.1. The molecule has 28 heavy (non-hydrogen) atoms. The molecule has 1 amide bonds. The van der Waals surface area contributed by atoms with E-state index in [0.29, 0.717) is 0 Å². The van der Waals surface area contributed by atoms with Crippen LogP contribution in [0.5, 0.6) is 0 Å². The molecule has 144 valence electrons. The smallest absolute Gasteiger partial charge is 0.320 e. The van der Waals surface area contributed by atoms with Gasteiger partial charge in [0.05, 0.1) is 9.82 Å². The van der Waals surface area contributed by atoms with Crippen LogP contribution in [0.2, 0.25) is 0 Å². The Kier molecular flexibility index (Phi) is 5.00. The second-order valence-corrected chi connectivity index (χ2v) is 7.13. The molecule has 0 bridgehead atoms. The Labute approximate surface area is 158 Å². The van der Waals surface area contributed by atoms with Crippen molar-refractivity contribution in [3.63, 3.8) is 0 Å². The fraction of sp³-hybridized carbons (Fsp3) is 0.0667. The first kappa shape index (κ1) is 18.9. The number of anilines is 2. The summed E-state index contributed by atoms with van der Waals surface area (Å²) in [5.74, 6) is -0.874. The lowest BCUT2D eigenvalue weighted by atomic mass is 10.3. The van der Waals surface area contributed by atoms with Gasteiger partial charge in [0, 0.05) is 25.1 Å². The van der Waals surface area contributed by atoms with Gasteiger partial charge in [0.2, 0.25) is 11.6 Å². The maximum atomic E-state index is 12.3. The number of hydrogen-bond acceptors (Lipinski definition) is 8. The van der Waals surface area contributed by atoms with Crippen molar-refractivity contribution >= 4 is 33.3 Å². The van der Waals surface area contributed by atoms with Gasteiger partial charge in [-0.15, -0.1) is 0 Å². The van der Waals surface area contributed by atoms with Crippen molar-refractivity contribution in [2.75, 3.05) is 10.0 Å². The highest BCUT2D eigenvalue weighted by Gasteiger charge is 2.25. The van der Waals surface area contributed by atoms with Gasteiger partial charge in [-0.2, -0.15) is 5.10 Å². The van der Waals surface area contributed by atoms with Crippen molar-refractivity contribution in [2.24, 2.45) is 7.05 Å². The van der Waals surface area contributed by atoms with E-state index in [1.165, 1.54) is 43.7 Å². The van der Waals surface area contributed by atoms with Crippen molar-refractivity contribution in [1.29, 1.82) is 0 Å². The third-order valence-corrected chi connectivity index (χ3v) is 4.78. The molecule has 2 aromatic heterocycles. The van der Waals surface area contributed by atoms with Crippen molar-refractivity contribution in [3.05, 3.63) is 64.7 Å². The second-order valence-electron chi connectivity index (χ2n) is 5.45. The van der Waals surface area contributed by atoms with Gasteiger partial charge < -0.3 is 5.32 Å². The molecular formula is C15H13N7O5S. The first-order valence-corrected chi connectivity index (χ1v) is 9.14. The highest BCUT2D eigenvalue weighted by molar-refractivity contribution is 7.92. The molecule has 0 radical (unpaired) electrons. The summed E-state index contributed by atoms with van der Waals surface area (Å²) in [6, 6.07) is 6.74. The number of nitrogens with zero attached hydrogens (tertiary/aromatic N) is 5. The monoisotopic (exact) mass is 403 g/mol. The Morgan fingerprint density at radius 1 is 1.18 bits per heavy atom. The predicted molar refractivity (Wildman–Crippen MR) is 97.1 cm³/mol. The van der Waals surface area contributed by atoms with Crippen LogP contribution in [0, 0.1) is 10.1 Å². The predicted octanol–water partition coefficient (Wildman–Crippen LogP) is 1.17. The number of aromatic nitrogens is 4. The highest BCUT2D eigenvalue weighted by Crippen LogP contribution is 2.20. The number of hydrogen-bond donors (Lipinski definition) is 2. The van der Waals surface area contributed by atoms with Crippen LogP contribution >= 0.6 is 0 Å². The molecular weight excluding hydrogens is 390 g/mol. The van der Waals surface area contributed by atoms with E-state index in [0.717, 1.165) is 10.9 Å². The summed E-state index contributed by atoms with van der Waals surface area (Å²) in [7, 11) is -2.47. The Morgan fingerprint density at radius 3 is 2.43 bits per heavy atom. The number of nitro groups is 1. The summed E-state index contributed by atoms with van der Waals surface area (Å²) in [6.07, 6.45) is 3.89. The molecule has 3 rings (SSSR count). The number of carbonyl (C=O) groups excluding carboxylic acids is 1. The van der Waals surface area contributed by atoms with E-state index < -0.39 is 26.5 Å². The zero-order chi connectivity index (χ0) is 20.3. The fourth-order valence-corrected chi connectivity index (χ4v) is 3.17. The summed E-state index contributed by atoms with van der Waals surface area (Å²) < 4.78 is 28.0. The number of rotatable bonds is 6. The molecule has 0 saturated carbocycles. The molecule has 0 fully saturated rings. The number of sulfonamides is 1. The molecule has 2 heterocycles. The normalized spacial score (nSPS) is 11.0. The summed E-state index contributed by atoms with van der Waals surface area (Å²) >= 11 is 0. The molecule has 2 N–H and O–H groups in total. The summed E-state index contributed by atoms with van der Waals surface area (Å²) in [5.41, 5.74) is -0.557. The van der Waals surface area contributed by atoms with Gasteiger partial charge >= 0.3 is 5.69 Å². The lowest BCUT2D eigenvalue weighted by Gasteiger charge is -2.08. The molecule has 0 spiro atoms. The van der Waals surface area contributed by atoms with Crippen LogP contribution in [0.4, 0.5) is 17.3 Å². The van der Waals surface area contributed by atoms with Crippen molar-refractivity contribution in [1.82, 2.24) is 19.7 Å². The van der Waals surface area contributed by atoms with Crippen LogP contribution < -0.4 is 10.0 Å². The highest BCUT2D eigenvalue weighted by atomic mass is 32.2. The summed E-state index contributed by atoms with van der Waals surface area (Å²) in [4.78, 5) is 30.0. The van der Waals surface area contributed by atoms with E-state index in [1.807, 2.05) is 0 Å². The van der Waals surface area contributed by atoms with Crippen molar-refractivity contribution < 1.29 is 18.1 Å². The molecule has 0 aliphatic rings. The number of amides is 1. The number of aryl methyl sites for hydroxylation is 1. The Balaban J connectivity index is 1.76. The maximum absolute atomic E-state index is 12.3. The van der Waals surface area contributed by atoms with Gasteiger partial charge in [-0.25, -0.2) is 23.1 Å². The number of benzene rings is 1. The first-order valence-electron chi connectivity index (χ1n) is 7.65. The van der Waals surface area contributed by atoms with Gasteiger partial charge in [-0.05, 0) is 30.3 Å². The van der Waals surface area contributed by atoms with Crippen LogP contribution in [0.25, 0.3) is 0 Å². The fourth-order valence-electron chi connectivity index (χ4n) is 2.21. The minimum absolute atomic E-state index is 0.0812. The van der Waals surface area contributed by atoms with Crippen LogP contribution in [-0.4, -0.2) is 39.0 Å². The van der Waals surface area contributed by atoms with E-state index in [4.69, 9.17) is 0 Å². The van der Waals surface area contributed by atoms with E-state index in [2.05, 4.69) is 25.1 Å². The Bertz CT molecular complexity index is 1130. The van der Waals surface area contributed by atoms with Gasteiger partial charge in [0.15, 0.2) is 0 Å². The maximum Gasteiger partial charge on any atom is 0.320 e. The molecule has 0 atom stereocenters. The van der Waals surface area contributed by atoms with Crippen LogP contribution in [-0.2, 0) is 17.1 Å². The molecule has 13 heteroatoms. The van der Waals surface area contributed by atoms with Gasteiger partial charge in [0.1, 0.15) is 6.20 Å².